The van der Waals surface area contributed by atoms with Gasteiger partial charge in [-0.3, -0.25) is 15.1 Å². The number of thiazole rings is 1. The molecule has 0 bridgehead atoms. The average molecular weight is 266 g/mol. The number of aliphatic hydroxyl groups is 1. The van der Waals surface area contributed by atoms with Gasteiger partial charge in [-0.25, -0.2) is 4.98 Å². The number of nitrogens with one attached hydrogen (secondary N) is 2. The van der Waals surface area contributed by atoms with Crippen molar-refractivity contribution in [2.45, 2.75) is 13.3 Å². The Labute approximate surface area is 108 Å². The van der Waals surface area contributed by atoms with Crippen LogP contribution < -0.4 is 10.6 Å². The number of aromatic nitrogens is 1. The lowest BCUT2D eigenvalue weighted by Gasteiger charge is -2.17. The van der Waals surface area contributed by atoms with Gasteiger partial charge in [0, 0.05) is 24.7 Å². The minimum absolute atomic E-state index is 0.0581. The normalized spacial score (nSPS) is 16.4. The topological polar surface area (TPSA) is 86.6 Å². The molecule has 1 aromatic rings. The number of carbonyl (C=O) groups excluding carboxylic acids is 1. The third-order valence-electron chi connectivity index (χ3n) is 2.38. The van der Waals surface area contributed by atoms with Crippen molar-refractivity contribution in [1.82, 2.24) is 10.3 Å². The first-order chi connectivity index (χ1) is 8.68. The number of anilines is 1. The van der Waals surface area contributed by atoms with Crippen LogP contribution in [0.1, 0.15) is 13.3 Å². The highest BCUT2D eigenvalue weighted by molar-refractivity contribution is 7.13. The van der Waals surface area contributed by atoms with E-state index in [0.717, 1.165) is 13.0 Å². The van der Waals surface area contributed by atoms with Gasteiger partial charge in [0.1, 0.15) is 17.2 Å². The van der Waals surface area contributed by atoms with Crippen LogP contribution in [-0.4, -0.2) is 34.9 Å². The number of hydrogen-bond acceptors (Lipinski definition) is 6. The lowest BCUT2D eigenvalue weighted by atomic mass is 10.1. The van der Waals surface area contributed by atoms with Crippen molar-refractivity contribution in [2.24, 2.45) is 4.99 Å². The Kier molecular flexibility index (Phi) is 3.93. The molecule has 1 aliphatic heterocycles. The molecule has 0 saturated carbocycles. The Balaban J connectivity index is 2.18. The number of aliphatic hydroxyl groups excluding tert-OH is 1. The van der Waals surface area contributed by atoms with Crippen LogP contribution in [0.15, 0.2) is 27.9 Å². The third-order valence-corrected chi connectivity index (χ3v) is 3.06. The molecule has 0 unspecified atom stereocenters. The van der Waals surface area contributed by atoms with E-state index in [1.165, 1.54) is 18.3 Å². The first kappa shape index (κ1) is 12.6. The van der Waals surface area contributed by atoms with E-state index in [2.05, 4.69) is 20.6 Å². The minimum Gasteiger partial charge on any atom is -0.512 e. The summed E-state index contributed by atoms with van der Waals surface area (Å²) in [7, 11) is 0. The monoisotopic (exact) mass is 266 g/mol. The van der Waals surface area contributed by atoms with Crippen molar-refractivity contribution in [3.63, 3.8) is 0 Å². The molecular formula is C11H14N4O2S. The standard InChI is InChI=1S/C11H14N4O2S/c1-7(16)8(9-12-3-2-4-13-9)10(17)15-11-14-5-6-18-11/h5-6,16H,2-4H2,1H3,(H,12,13)(H,14,15,17)/b8-7-. The summed E-state index contributed by atoms with van der Waals surface area (Å²) in [6.45, 7) is 2.87. The number of aliphatic imine (C=N–C) groups is 1. The molecule has 0 saturated heterocycles. The molecule has 2 heterocycles. The zero-order valence-electron chi connectivity index (χ0n) is 9.93. The zero-order valence-corrected chi connectivity index (χ0v) is 10.8. The maximum atomic E-state index is 12.1. The number of nitrogens with zero attached hydrogens (tertiary/aromatic N) is 2. The highest BCUT2D eigenvalue weighted by Gasteiger charge is 2.21. The van der Waals surface area contributed by atoms with Gasteiger partial charge in [-0.05, 0) is 13.3 Å². The van der Waals surface area contributed by atoms with Gasteiger partial charge in [0.2, 0.25) is 0 Å². The molecule has 0 fully saturated rings. The first-order valence-corrected chi connectivity index (χ1v) is 6.46. The van der Waals surface area contributed by atoms with Crippen LogP contribution in [0.3, 0.4) is 0 Å². The number of rotatable bonds is 3. The van der Waals surface area contributed by atoms with Gasteiger partial charge in [-0.1, -0.05) is 0 Å². The summed E-state index contributed by atoms with van der Waals surface area (Å²) >= 11 is 1.32. The zero-order chi connectivity index (χ0) is 13.0. The summed E-state index contributed by atoms with van der Waals surface area (Å²) in [5.41, 5.74) is 0.171. The summed E-state index contributed by atoms with van der Waals surface area (Å²) in [5, 5.41) is 17.6. The maximum Gasteiger partial charge on any atom is 0.264 e. The van der Waals surface area contributed by atoms with Crippen LogP contribution in [0, 0.1) is 0 Å². The minimum atomic E-state index is -0.405. The van der Waals surface area contributed by atoms with Crippen LogP contribution in [0.4, 0.5) is 5.13 Å². The molecule has 1 aromatic heterocycles. The fraction of sp³-hybridized carbons (Fsp3) is 0.364. The smallest absolute Gasteiger partial charge is 0.264 e. The fourth-order valence-corrected chi connectivity index (χ4v) is 2.11. The van der Waals surface area contributed by atoms with Crippen molar-refractivity contribution < 1.29 is 9.90 Å². The predicted octanol–water partition coefficient (Wildman–Crippen LogP) is 1.31. The van der Waals surface area contributed by atoms with Crippen molar-refractivity contribution in [2.75, 3.05) is 18.4 Å². The van der Waals surface area contributed by atoms with E-state index in [1.807, 2.05) is 0 Å². The van der Waals surface area contributed by atoms with E-state index < -0.39 is 5.91 Å². The molecule has 3 N–H and O–H groups in total. The summed E-state index contributed by atoms with van der Waals surface area (Å²) < 4.78 is 0. The molecule has 1 aliphatic rings. The molecule has 0 aliphatic carbocycles. The molecule has 7 heteroatoms. The van der Waals surface area contributed by atoms with E-state index in [9.17, 15) is 9.90 Å². The largest absolute Gasteiger partial charge is 0.512 e. The van der Waals surface area contributed by atoms with E-state index in [1.54, 1.807) is 11.6 Å². The lowest BCUT2D eigenvalue weighted by Crippen LogP contribution is -2.36. The molecule has 0 atom stereocenters. The molecule has 96 valence electrons. The highest BCUT2D eigenvalue weighted by atomic mass is 32.1. The Morgan fingerprint density at radius 1 is 1.61 bits per heavy atom. The van der Waals surface area contributed by atoms with Crippen LogP contribution >= 0.6 is 11.3 Å². The van der Waals surface area contributed by atoms with Crippen LogP contribution in [0.5, 0.6) is 0 Å². The Bertz CT molecular complexity index is 489. The maximum absolute atomic E-state index is 12.1. The second-order valence-electron chi connectivity index (χ2n) is 3.76. The molecule has 2 rings (SSSR count). The summed E-state index contributed by atoms with van der Waals surface area (Å²) in [6, 6.07) is 0. The molecular weight excluding hydrogens is 252 g/mol. The average Bonchev–Trinajstić information content (AvgIpc) is 2.83. The quantitative estimate of drug-likeness (QED) is 0.568. The number of allylic oxidation sites excluding steroid dienone is 1. The molecule has 0 spiro atoms. The van der Waals surface area contributed by atoms with Gasteiger partial charge in [0.05, 0.1) is 0 Å². The first-order valence-electron chi connectivity index (χ1n) is 5.58. The second-order valence-corrected chi connectivity index (χ2v) is 4.66. The number of amides is 1. The highest BCUT2D eigenvalue weighted by Crippen LogP contribution is 2.14. The van der Waals surface area contributed by atoms with Gasteiger partial charge in [-0.2, -0.15) is 0 Å². The van der Waals surface area contributed by atoms with Crippen molar-refractivity contribution in [3.05, 3.63) is 22.9 Å². The van der Waals surface area contributed by atoms with Crippen LogP contribution in [0.2, 0.25) is 0 Å². The number of amidine groups is 1. The van der Waals surface area contributed by atoms with Crippen LogP contribution in [-0.2, 0) is 4.79 Å². The summed E-state index contributed by atoms with van der Waals surface area (Å²) in [4.78, 5) is 20.2. The molecule has 0 aromatic carbocycles. The Hall–Kier alpha value is -1.89. The van der Waals surface area contributed by atoms with E-state index in [-0.39, 0.29) is 11.3 Å². The van der Waals surface area contributed by atoms with Gasteiger partial charge >= 0.3 is 0 Å². The summed E-state index contributed by atoms with van der Waals surface area (Å²) in [6.07, 6.45) is 2.53. The van der Waals surface area contributed by atoms with E-state index >= 15 is 0 Å². The van der Waals surface area contributed by atoms with Gasteiger partial charge < -0.3 is 10.4 Å². The molecule has 1 amide bonds. The van der Waals surface area contributed by atoms with Crippen molar-refractivity contribution in [1.29, 1.82) is 0 Å². The second kappa shape index (κ2) is 5.63. The van der Waals surface area contributed by atoms with E-state index in [4.69, 9.17) is 0 Å². The van der Waals surface area contributed by atoms with Crippen LogP contribution in [0.25, 0.3) is 0 Å². The molecule has 0 radical (unpaired) electrons. The summed E-state index contributed by atoms with van der Waals surface area (Å²) in [5.74, 6) is -0.0226. The Morgan fingerprint density at radius 2 is 2.44 bits per heavy atom. The fourth-order valence-electron chi connectivity index (χ4n) is 1.59. The number of hydrogen-bond donors (Lipinski definition) is 3. The SMILES string of the molecule is C/C(O)=C(/C(=O)Nc1nccs1)C1=NCCCN1. The lowest BCUT2D eigenvalue weighted by molar-refractivity contribution is -0.112. The molecule has 18 heavy (non-hydrogen) atoms. The van der Waals surface area contributed by atoms with Crippen molar-refractivity contribution in [3.8, 4) is 0 Å². The van der Waals surface area contributed by atoms with Gasteiger partial charge in [0.25, 0.3) is 5.91 Å². The predicted molar refractivity (Wildman–Crippen MR) is 71.0 cm³/mol. The Morgan fingerprint density at radius 3 is 3.00 bits per heavy atom. The molecule has 6 nitrogen and oxygen atoms in total. The van der Waals surface area contributed by atoms with E-state index in [0.29, 0.717) is 17.5 Å². The van der Waals surface area contributed by atoms with Crippen molar-refractivity contribution >= 4 is 28.2 Å². The van der Waals surface area contributed by atoms with Gasteiger partial charge in [-0.15, -0.1) is 11.3 Å². The van der Waals surface area contributed by atoms with Gasteiger partial charge in [0.15, 0.2) is 5.13 Å². The third kappa shape index (κ3) is 2.86. The number of carbonyl (C=O) groups is 1.